The molecular weight excluding hydrogens is 256 g/mol. The molecule has 0 aliphatic carbocycles. The first-order valence-corrected chi connectivity index (χ1v) is 7.06. The van der Waals surface area contributed by atoms with E-state index in [1.54, 1.807) is 24.2 Å². The molecule has 0 atom stereocenters. The summed E-state index contributed by atoms with van der Waals surface area (Å²) >= 11 is 1.69. The molecule has 2 rings (SSSR count). The molecule has 0 unspecified atom stereocenters. The monoisotopic (exact) mass is 272 g/mol. The summed E-state index contributed by atoms with van der Waals surface area (Å²) in [5.41, 5.74) is 0.131. The fourth-order valence-corrected chi connectivity index (χ4v) is 2.66. The van der Waals surface area contributed by atoms with Crippen molar-refractivity contribution in [2.45, 2.75) is 18.7 Å². The Morgan fingerprint density at radius 2 is 1.79 bits per heavy atom. The molecule has 2 aromatic rings. The minimum absolute atomic E-state index is 0.0801. The smallest absolute Gasteiger partial charge is 0.172 e. The van der Waals surface area contributed by atoms with E-state index < -0.39 is 5.41 Å². The van der Waals surface area contributed by atoms with Crippen LogP contribution in [0.2, 0.25) is 0 Å². The van der Waals surface area contributed by atoms with Crippen LogP contribution in [-0.2, 0) is 0 Å². The Labute approximate surface area is 117 Å². The van der Waals surface area contributed by atoms with Crippen LogP contribution in [0, 0.1) is 5.41 Å². The van der Waals surface area contributed by atoms with Crippen LogP contribution < -0.4 is 0 Å². The Kier molecular flexibility index (Phi) is 4.32. The van der Waals surface area contributed by atoms with Gasteiger partial charge in [-0.05, 0) is 12.1 Å². The van der Waals surface area contributed by atoms with Crippen molar-refractivity contribution in [2.75, 3.05) is 5.75 Å². The number of benzene rings is 1. The zero-order chi connectivity index (χ0) is 13.7. The number of thioether (sulfide) groups is 1. The maximum Gasteiger partial charge on any atom is 0.172 e. The fourth-order valence-electron chi connectivity index (χ4n) is 1.65. The van der Waals surface area contributed by atoms with E-state index in [0.717, 1.165) is 5.75 Å². The Balaban J connectivity index is 2.04. The zero-order valence-corrected chi connectivity index (χ0v) is 11.9. The van der Waals surface area contributed by atoms with E-state index in [4.69, 9.17) is 0 Å². The van der Waals surface area contributed by atoms with Gasteiger partial charge in [0.1, 0.15) is 6.33 Å². The van der Waals surface area contributed by atoms with Crippen molar-refractivity contribution in [2.24, 2.45) is 5.41 Å². The lowest BCUT2D eigenvalue weighted by atomic mass is 9.87. The molecule has 0 spiro atoms. The molecule has 1 aromatic heterocycles. The third kappa shape index (κ3) is 3.64. The van der Waals surface area contributed by atoms with Gasteiger partial charge in [0, 0.05) is 28.5 Å². The Morgan fingerprint density at radius 1 is 1.16 bits per heavy atom. The predicted octanol–water partition coefficient (Wildman–Crippen LogP) is 3.48. The van der Waals surface area contributed by atoms with E-state index in [1.165, 1.54) is 11.2 Å². The van der Waals surface area contributed by atoms with E-state index in [-0.39, 0.29) is 5.78 Å². The molecule has 0 N–H and O–H groups in total. The molecule has 0 radical (unpaired) electrons. The zero-order valence-electron chi connectivity index (χ0n) is 11.0. The lowest BCUT2D eigenvalue weighted by Gasteiger charge is -2.22. The number of rotatable bonds is 5. The average molecular weight is 272 g/mol. The van der Waals surface area contributed by atoms with Crippen molar-refractivity contribution < 1.29 is 4.79 Å². The lowest BCUT2D eigenvalue weighted by molar-refractivity contribution is 0.0862. The molecule has 1 heterocycles. The van der Waals surface area contributed by atoms with Gasteiger partial charge in [-0.1, -0.05) is 32.0 Å². The number of hydrogen-bond donors (Lipinski definition) is 0. The highest BCUT2D eigenvalue weighted by molar-refractivity contribution is 7.99. The maximum absolute atomic E-state index is 12.4. The number of Topliss-reactive ketones (excluding diaryl/α,β-unsaturated/α-hetero) is 1. The lowest BCUT2D eigenvalue weighted by Crippen LogP contribution is -2.27. The maximum atomic E-state index is 12.4. The molecule has 0 aliphatic rings. The largest absolute Gasteiger partial charge is 0.293 e. The summed E-state index contributed by atoms with van der Waals surface area (Å²) in [6, 6.07) is 10.1. The molecular formula is C15H16N2OS. The van der Waals surface area contributed by atoms with Crippen molar-refractivity contribution >= 4 is 17.5 Å². The number of ketones is 1. The second-order valence-corrected chi connectivity index (χ2v) is 5.99. The van der Waals surface area contributed by atoms with E-state index >= 15 is 0 Å². The standard InChI is InChI=1S/C15H16N2OS/c1-15(2,10-19-13-6-4-3-5-7-13)14(18)12-8-16-11-17-9-12/h3-9,11H,10H2,1-2H3. The molecule has 3 nitrogen and oxygen atoms in total. The van der Waals surface area contributed by atoms with Gasteiger partial charge in [0.05, 0.1) is 5.56 Å². The van der Waals surface area contributed by atoms with E-state index in [1.807, 2.05) is 32.0 Å². The SMILES string of the molecule is CC(C)(CSc1ccccc1)C(=O)c1cncnc1. The van der Waals surface area contributed by atoms with Crippen molar-refractivity contribution in [3.63, 3.8) is 0 Å². The summed E-state index contributed by atoms with van der Waals surface area (Å²) in [6.07, 6.45) is 4.58. The van der Waals surface area contributed by atoms with Gasteiger partial charge >= 0.3 is 0 Å². The minimum atomic E-state index is -0.439. The second-order valence-electron chi connectivity index (χ2n) is 4.94. The first kappa shape index (κ1) is 13.7. The van der Waals surface area contributed by atoms with Gasteiger partial charge < -0.3 is 0 Å². The van der Waals surface area contributed by atoms with Crippen molar-refractivity contribution in [3.05, 3.63) is 54.6 Å². The van der Waals surface area contributed by atoms with Gasteiger partial charge in [-0.2, -0.15) is 0 Å². The Bertz CT molecular complexity index is 541. The molecule has 0 aliphatic heterocycles. The van der Waals surface area contributed by atoms with Gasteiger partial charge in [-0.15, -0.1) is 11.8 Å². The van der Waals surface area contributed by atoms with Crippen LogP contribution in [0.5, 0.6) is 0 Å². The number of nitrogens with zero attached hydrogens (tertiary/aromatic N) is 2. The molecule has 1 aromatic carbocycles. The van der Waals surface area contributed by atoms with Gasteiger partial charge in [0.15, 0.2) is 5.78 Å². The van der Waals surface area contributed by atoms with Crippen LogP contribution in [0.4, 0.5) is 0 Å². The van der Waals surface area contributed by atoms with Crippen LogP contribution in [-0.4, -0.2) is 21.5 Å². The van der Waals surface area contributed by atoms with Crippen LogP contribution in [0.15, 0.2) is 53.9 Å². The number of carbonyl (C=O) groups is 1. The van der Waals surface area contributed by atoms with E-state index in [0.29, 0.717) is 5.56 Å². The quantitative estimate of drug-likeness (QED) is 0.617. The third-order valence-corrected chi connectivity index (χ3v) is 4.25. The molecule has 0 saturated carbocycles. The number of carbonyl (C=O) groups excluding carboxylic acids is 1. The van der Waals surface area contributed by atoms with Crippen LogP contribution in [0.25, 0.3) is 0 Å². The fraction of sp³-hybridized carbons (Fsp3) is 0.267. The minimum Gasteiger partial charge on any atom is -0.293 e. The summed E-state index contributed by atoms with van der Waals surface area (Å²) in [5, 5.41) is 0. The van der Waals surface area contributed by atoms with Crippen molar-refractivity contribution in [1.82, 2.24) is 9.97 Å². The summed E-state index contributed by atoms with van der Waals surface area (Å²) in [5.74, 6) is 0.807. The third-order valence-electron chi connectivity index (χ3n) is 2.78. The molecule has 4 heteroatoms. The first-order chi connectivity index (χ1) is 9.09. The van der Waals surface area contributed by atoms with Crippen molar-refractivity contribution in [3.8, 4) is 0 Å². The summed E-state index contributed by atoms with van der Waals surface area (Å²) < 4.78 is 0. The topological polar surface area (TPSA) is 42.9 Å². The van der Waals surface area contributed by atoms with Crippen LogP contribution in [0.1, 0.15) is 24.2 Å². The van der Waals surface area contributed by atoms with Gasteiger partial charge in [-0.25, -0.2) is 9.97 Å². The average Bonchev–Trinajstić information content (AvgIpc) is 2.46. The van der Waals surface area contributed by atoms with Gasteiger partial charge in [0.25, 0.3) is 0 Å². The molecule has 0 saturated heterocycles. The molecule has 98 valence electrons. The highest BCUT2D eigenvalue weighted by Crippen LogP contribution is 2.30. The summed E-state index contributed by atoms with van der Waals surface area (Å²) in [6.45, 7) is 3.91. The highest BCUT2D eigenvalue weighted by atomic mass is 32.2. The normalized spacial score (nSPS) is 11.3. The highest BCUT2D eigenvalue weighted by Gasteiger charge is 2.29. The Hall–Kier alpha value is -1.68. The molecule has 19 heavy (non-hydrogen) atoms. The first-order valence-electron chi connectivity index (χ1n) is 6.07. The number of hydrogen-bond acceptors (Lipinski definition) is 4. The number of aromatic nitrogens is 2. The molecule has 0 fully saturated rings. The second kappa shape index (κ2) is 5.97. The van der Waals surface area contributed by atoms with E-state index in [9.17, 15) is 4.79 Å². The van der Waals surface area contributed by atoms with E-state index in [2.05, 4.69) is 22.1 Å². The van der Waals surface area contributed by atoms with Gasteiger partial charge in [0.2, 0.25) is 0 Å². The predicted molar refractivity (Wildman–Crippen MR) is 77.3 cm³/mol. The van der Waals surface area contributed by atoms with Gasteiger partial charge in [-0.3, -0.25) is 4.79 Å². The Morgan fingerprint density at radius 3 is 2.42 bits per heavy atom. The molecule has 0 amide bonds. The van der Waals surface area contributed by atoms with Crippen LogP contribution in [0.3, 0.4) is 0 Å². The van der Waals surface area contributed by atoms with Crippen molar-refractivity contribution in [1.29, 1.82) is 0 Å². The summed E-state index contributed by atoms with van der Waals surface area (Å²) in [4.78, 5) is 21.4. The molecule has 0 bridgehead atoms. The summed E-state index contributed by atoms with van der Waals surface area (Å²) in [7, 11) is 0. The van der Waals surface area contributed by atoms with Crippen LogP contribution >= 0.6 is 11.8 Å².